The number of amides is 5. The number of urea groups is 1. The summed E-state index contributed by atoms with van der Waals surface area (Å²) in [5.41, 5.74) is -1.43. The van der Waals surface area contributed by atoms with Crippen molar-refractivity contribution < 1.29 is 24.0 Å². The summed E-state index contributed by atoms with van der Waals surface area (Å²) in [5, 5.41) is 11.1. The average Bonchev–Trinajstić information content (AvgIpc) is 3.92. The van der Waals surface area contributed by atoms with Crippen LogP contribution in [0.3, 0.4) is 0 Å². The number of terminal acetylenes is 1. The second kappa shape index (κ2) is 14.9. The van der Waals surface area contributed by atoms with E-state index in [2.05, 4.69) is 33.8 Å². The van der Waals surface area contributed by atoms with E-state index in [0.717, 1.165) is 12.8 Å². The van der Waals surface area contributed by atoms with Crippen molar-refractivity contribution in [3.8, 4) is 12.3 Å². The molecule has 1 aromatic carbocycles. The van der Waals surface area contributed by atoms with Crippen molar-refractivity contribution in [2.45, 2.75) is 111 Å². The fourth-order valence-electron chi connectivity index (χ4n) is 7.55. The molecule has 6 atom stereocenters. The Hall–Kier alpha value is -4.47. The molecule has 1 unspecified atom stereocenters. The summed E-state index contributed by atoms with van der Waals surface area (Å²) in [7, 11) is 1.74. The van der Waals surface area contributed by atoms with Gasteiger partial charge in [-0.1, -0.05) is 61.5 Å². The van der Waals surface area contributed by atoms with Gasteiger partial charge in [0.05, 0.1) is 17.8 Å². The van der Waals surface area contributed by atoms with E-state index in [4.69, 9.17) is 6.42 Å². The predicted molar refractivity (Wildman–Crippen MR) is 199 cm³/mol. The van der Waals surface area contributed by atoms with Crippen molar-refractivity contribution in [2.75, 3.05) is 31.6 Å². The molecule has 1 aromatic rings. The van der Waals surface area contributed by atoms with Crippen LogP contribution in [0.4, 0.5) is 10.5 Å². The molecule has 4 rings (SSSR count). The Morgan fingerprint density at radius 2 is 1.65 bits per heavy atom. The van der Waals surface area contributed by atoms with Gasteiger partial charge in [0.2, 0.25) is 28.5 Å². The van der Waals surface area contributed by atoms with E-state index >= 15 is 0 Å². The summed E-state index contributed by atoms with van der Waals surface area (Å²) in [6, 6.07) is -4.24. The highest BCUT2D eigenvalue weighted by Crippen LogP contribution is 2.65. The summed E-state index contributed by atoms with van der Waals surface area (Å²) >= 11 is 0. The number of carbonyl (C=O) groups is 5. The number of hydrogen-bond donors (Lipinski definition) is 4. The molecule has 0 spiro atoms. The first-order valence-electron chi connectivity index (χ1n) is 18.2. The van der Waals surface area contributed by atoms with Crippen molar-refractivity contribution in [3.63, 3.8) is 0 Å². The SMILES string of the molecule is C#CCCC(NC(=O)[C@@H]1[C@@H]2[C@H](CN1C(=O)[C@@H](NC(=O)N[C@H](CN(C)c1c(C3CC3)c(=O)c1=O)C(C)(C)C)C(C)(C)C)C2(C)C)C(=O)C(=O)NCC=C. The van der Waals surface area contributed by atoms with Crippen LogP contribution in [-0.2, 0) is 19.2 Å². The molecule has 0 aromatic heterocycles. The highest BCUT2D eigenvalue weighted by Gasteiger charge is 2.70. The number of hydrogen-bond acceptors (Lipinski definition) is 8. The molecule has 5 amide bonds. The normalized spacial score (nSPS) is 22.2. The number of rotatable bonds is 15. The number of carbonyl (C=O) groups excluding carboxylic acids is 5. The third-order valence-corrected chi connectivity index (χ3v) is 11.1. The van der Waals surface area contributed by atoms with Gasteiger partial charge in [0.25, 0.3) is 5.91 Å². The van der Waals surface area contributed by atoms with Gasteiger partial charge in [-0.25, -0.2) is 4.79 Å². The quantitative estimate of drug-likeness (QED) is 0.121. The molecule has 2 aliphatic carbocycles. The number of fused-ring (bicyclic) bond motifs is 1. The average molecular weight is 721 g/mol. The smallest absolute Gasteiger partial charge is 0.315 e. The molecule has 3 aliphatic rings. The Morgan fingerprint density at radius 3 is 2.19 bits per heavy atom. The fourth-order valence-corrected chi connectivity index (χ4v) is 7.55. The zero-order valence-electron chi connectivity index (χ0n) is 32.1. The summed E-state index contributed by atoms with van der Waals surface area (Å²) in [4.78, 5) is 95.9. The minimum Gasteiger partial charge on any atom is -0.369 e. The molecule has 1 aliphatic heterocycles. The molecule has 0 radical (unpaired) electrons. The van der Waals surface area contributed by atoms with Gasteiger partial charge in [-0.15, -0.1) is 18.9 Å². The van der Waals surface area contributed by atoms with E-state index in [-0.39, 0.29) is 55.6 Å². The molecular weight excluding hydrogens is 664 g/mol. The molecule has 1 saturated heterocycles. The maximum absolute atomic E-state index is 14.5. The summed E-state index contributed by atoms with van der Waals surface area (Å²) < 4.78 is 0. The Kier molecular flexibility index (Phi) is 11.5. The molecular formula is C39H56N6O7. The lowest BCUT2D eigenvalue weighted by molar-refractivity contribution is -0.145. The van der Waals surface area contributed by atoms with Gasteiger partial charge in [-0.3, -0.25) is 28.8 Å². The van der Waals surface area contributed by atoms with Crippen LogP contribution in [0.25, 0.3) is 0 Å². The van der Waals surface area contributed by atoms with Gasteiger partial charge in [-0.2, -0.15) is 0 Å². The maximum atomic E-state index is 14.5. The molecule has 3 fully saturated rings. The van der Waals surface area contributed by atoms with E-state index in [1.807, 2.05) is 55.4 Å². The van der Waals surface area contributed by atoms with E-state index in [0.29, 0.717) is 11.3 Å². The number of likely N-dealkylation sites (tertiary alicyclic amines) is 1. The Labute approximate surface area is 306 Å². The lowest BCUT2D eigenvalue weighted by Crippen LogP contribution is -2.62. The van der Waals surface area contributed by atoms with Crippen molar-refractivity contribution >= 4 is 35.2 Å². The van der Waals surface area contributed by atoms with Crippen LogP contribution in [0.1, 0.15) is 92.6 Å². The van der Waals surface area contributed by atoms with Crippen LogP contribution in [0.2, 0.25) is 0 Å². The van der Waals surface area contributed by atoms with Crippen molar-refractivity contribution in [2.24, 2.45) is 28.1 Å². The number of ketones is 1. The molecule has 2 saturated carbocycles. The maximum Gasteiger partial charge on any atom is 0.315 e. The molecule has 0 bridgehead atoms. The zero-order chi connectivity index (χ0) is 39.1. The summed E-state index contributed by atoms with van der Waals surface area (Å²) in [6.45, 7) is 19.5. The standard InChI is InChI=1S/C39H56N6O7/c1-12-14-15-23(29(46)34(50)40-18-13-2)41-33(49)28-26-22(39(26,9)10)19-45(28)35(51)32(38(6,7)8)43-36(52)42-24(37(3,4)5)20-44(11)27-25(21-16-17-21)30(47)31(27)48/h1,13,21-24,26,28,32H,2,14-20H2,3-11H3,(H,40,50)(H,41,49)(H2,42,43,52)/t22-,23?,24+,26-,28-,32+/m0/s1. The van der Waals surface area contributed by atoms with Gasteiger partial charge in [0.1, 0.15) is 12.1 Å². The second-order valence-electron chi connectivity index (χ2n) is 17.5. The fraction of sp³-hybridized carbons (Fsp3) is 0.667. The molecule has 284 valence electrons. The number of Topliss-reactive ketones (excluding diaryl/α,β-unsaturated/α-hetero) is 1. The Balaban J connectivity index is 1.52. The van der Waals surface area contributed by atoms with Crippen molar-refractivity contribution in [3.05, 3.63) is 38.7 Å². The largest absolute Gasteiger partial charge is 0.369 e. The molecule has 13 nitrogen and oxygen atoms in total. The molecule has 52 heavy (non-hydrogen) atoms. The van der Waals surface area contributed by atoms with Crippen LogP contribution in [0, 0.1) is 40.4 Å². The number of nitrogens with zero attached hydrogens (tertiary/aromatic N) is 2. The lowest BCUT2D eigenvalue weighted by atomic mass is 9.84. The van der Waals surface area contributed by atoms with E-state index < -0.39 is 75.4 Å². The monoisotopic (exact) mass is 720 g/mol. The van der Waals surface area contributed by atoms with Gasteiger partial charge in [0.15, 0.2) is 0 Å². The Morgan fingerprint density at radius 1 is 1.02 bits per heavy atom. The summed E-state index contributed by atoms with van der Waals surface area (Å²) in [5.74, 6) is -0.322. The van der Waals surface area contributed by atoms with Gasteiger partial charge >= 0.3 is 6.03 Å². The number of anilines is 1. The van der Waals surface area contributed by atoms with Crippen LogP contribution in [-0.4, -0.2) is 85.3 Å². The van der Waals surface area contributed by atoms with Crippen molar-refractivity contribution in [1.82, 2.24) is 26.2 Å². The first kappa shape index (κ1) is 40.3. The number of likely N-dealkylation sites (N-methyl/N-ethyl adjacent to an activating group) is 1. The number of nitrogens with one attached hydrogen (secondary N) is 4. The third-order valence-electron chi connectivity index (χ3n) is 11.1. The topological polar surface area (TPSA) is 174 Å². The molecule has 4 N–H and O–H groups in total. The predicted octanol–water partition coefficient (Wildman–Crippen LogP) is 1.98. The Bertz CT molecular complexity index is 1720. The number of piperidine rings is 1. The molecule has 1 heterocycles. The van der Waals surface area contributed by atoms with E-state index in [1.54, 1.807) is 11.9 Å². The highest BCUT2D eigenvalue weighted by molar-refractivity contribution is 6.38. The summed E-state index contributed by atoms with van der Waals surface area (Å²) in [6.07, 6.45) is 8.82. The highest BCUT2D eigenvalue weighted by atomic mass is 16.2. The first-order chi connectivity index (χ1) is 24.1. The van der Waals surface area contributed by atoms with Gasteiger partial charge < -0.3 is 31.1 Å². The second-order valence-corrected chi connectivity index (χ2v) is 17.5. The van der Waals surface area contributed by atoms with Gasteiger partial charge in [0, 0.05) is 38.7 Å². The van der Waals surface area contributed by atoms with Crippen LogP contribution < -0.4 is 37.0 Å². The third kappa shape index (κ3) is 8.26. The minimum absolute atomic E-state index is 0.0223. The van der Waals surface area contributed by atoms with E-state index in [1.165, 1.54) is 11.0 Å². The van der Waals surface area contributed by atoms with E-state index in [9.17, 15) is 33.6 Å². The zero-order valence-corrected chi connectivity index (χ0v) is 32.1. The van der Waals surface area contributed by atoms with Crippen LogP contribution in [0.5, 0.6) is 0 Å². The first-order valence-corrected chi connectivity index (χ1v) is 18.2. The van der Waals surface area contributed by atoms with Crippen molar-refractivity contribution in [1.29, 1.82) is 0 Å². The van der Waals surface area contributed by atoms with Gasteiger partial charge in [-0.05, 0) is 53.3 Å². The van der Waals surface area contributed by atoms with Crippen LogP contribution >= 0.6 is 0 Å². The minimum atomic E-state index is -1.19. The molecule has 13 heteroatoms. The lowest BCUT2D eigenvalue weighted by Gasteiger charge is -2.39. The van der Waals surface area contributed by atoms with Crippen LogP contribution in [0.15, 0.2) is 22.2 Å².